The Bertz CT molecular complexity index is 1200. The molecule has 0 aliphatic heterocycles. The van der Waals surface area contributed by atoms with Crippen LogP contribution in [0.25, 0.3) is 0 Å². The van der Waals surface area contributed by atoms with Gasteiger partial charge in [-0.1, -0.05) is 51.3 Å². The molecule has 0 saturated heterocycles. The monoisotopic (exact) mass is 619 g/mol. The number of hydrogen-bond donors (Lipinski definition) is 1. The van der Waals surface area contributed by atoms with Gasteiger partial charge in [0, 0.05) is 34.5 Å². The Morgan fingerprint density at radius 3 is 2.36 bits per heavy atom. The summed E-state index contributed by atoms with van der Waals surface area (Å²) in [7, 11) is -3.68. The normalized spacial score (nSPS) is 12.7. The highest BCUT2D eigenvalue weighted by Crippen LogP contribution is 2.31. The largest absolute Gasteiger partial charge is 0.350 e. The summed E-state index contributed by atoms with van der Waals surface area (Å²) in [4.78, 5) is 27.8. The van der Waals surface area contributed by atoms with E-state index >= 15 is 0 Å². The fourth-order valence-corrected chi connectivity index (χ4v) is 5.40. The van der Waals surface area contributed by atoms with Crippen LogP contribution in [-0.2, 0) is 26.2 Å². The van der Waals surface area contributed by atoms with Gasteiger partial charge in [0.1, 0.15) is 6.04 Å². The van der Waals surface area contributed by atoms with Gasteiger partial charge in [-0.05, 0) is 70.0 Å². The summed E-state index contributed by atoms with van der Waals surface area (Å²) in [6, 6.07) is 11.4. The second-order valence-corrected chi connectivity index (χ2v) is 13.3. The van der Waals surface area contributed by atoms with Crippen LogP contribution >= 0.6 is 39.1 Å². The van der Waals surface area contributed by atoms with Crippen molar-refractivity contribution in [2.24, 2.45) is 0 Å². The summed E-state index contributed by atoms with van der Waals surface area (Å²) in [5.41, 5.74) is 0.654. The van der Waals surface area contributed by atoms with Gasteiger partial charge < -0.3 is 10.2 Å². The van der Waals surface area contributed by atoms with Crippen molar-refractivity contribution in [1.82, 2.24) is 10.2 Å². The molecule has 0 bridgehead atoms. The molecule has 7 nitrogen and oxygen atoms in total. The summed E-state index contributed by atoms with van der Waals surface area (Å²) < 4.78 is 27.0. The second kappa shape index (κ2) is 12.6. The number of sulfonamides is 1. The zero-order chi connectivity index (χ0) is 27.3. The highest BCUT2D eigenvalue weighted by Gasteiger charge is 2.29. The van der Waals surface area contributed by atoms with E-state index < -0.39 is 21.6 Å². The minimum Gasteiger partial charge on any atom is -0.350 e. The Morgan fingerprint density at radius 2 is 1.78 bits per heavy atom. The SMILES string of the molecule is C[C@@H](C(=O)NC(C)(C)C)N(Cc1cccc(Br)c1)C(=O)CCCN(c1cc(Cl)ccc1Cl)S(C)(=O)=O. The zero-order valence-corrected chi connectivity index (χ0v) is 24.9. The molecule has 0 saturated carbocycles. The van der Waals surface area contributed by atoms with Crippen molar-refractivity contribution in [3.8, 4) is 0 Å². The minimum atomic E-state index is -3.68. The number of hydrogen-bond acceptors (Lipinski definition) is 4. The fraction of sp³-hybridized carbons (Fsp3) is 0.440. The van der Waals surface area contributed by atoms with Gasteiger partial charge >= 0.3 is 0 Å². The summed E-state index contributed by atoms with van der Waals surface area (Å²) in [6.45, 7) is 7.56. The average molecular weight is 621 g/mol. The van der Waals surface area contributed by atoms with E-state index in [9.17, 15) is 18.0 Å². The molecule has 0 radical (unpaired) electrons. The van der Waals surface area contributed by atoms with Gasteiger partial charge in [-0.2, -0.15) is 0 Å². The molecule has 11 heteroatoms. The predicted molar refractivity (Wildman–Crippen MR) is 150 cm³/mol. The summed E-state index contributed by atoms with van der Waals surface area (Å²) >= 11 is 15.7. The molecule has 2 aromatic rings. The standard InChI is InChI=1S/C25H32BrCl2N3O4S/c1-17(24(33)29-25(2,3)4)30(16-18-8-6-9-19(26)14-18)23(32)10-7-13-31(36(5,34)35)22-15-20(27)11-12-21(22)28/h6,8-9,11-12,14-15,17H,7,10,13,16H2,1-5H3,(H,29,33)/t17-/m0/s1. The van der Waals surface area contributed by atoms with E-state index in [1.54, 1.807) is 13.0 Å². The number of anilines is 1. The smallest absolute Gasteiger partial charge is 0.242 e. The number of benzene rings is 2. The molecule has 2 amide bonds. The quantitative estimate of drug-likeness (QED) is 0.373. The van der Waals surface area contributed by atoms with Crippen LogP contribution in [0.2, 0.25) is 10.0 Å². The van der Waals surface area contributed by atoms with Crippen molar-refractivity contribution in [3.05, 3.63) is 62.5 Å². The first-order valence-corrected chi connectivity index (χ1v) is 14.8. The van der Waals surface area contributed by atoms with Gasteiger partial charge in [0.25, 0.3) is 0 Å². The maximum absolute atomic E-state index is 13.4. The molecular weight excluding hydrogens is 589 g/mol. The lowest BCUT2D eigenvalue weighted by Crippen LogP contribution is -2.52. The molecule has 0 unspecified atom stereocenters. The lowest BCUT2D eigenvalue weighted by molar-refractivity contribution is -0.141. The molecule has 36 heavy (non-hydrogen) atoms. The minimum absolute atomic E-state index is 0.0257. The van der Waals surface area contributed by atoms with E-state index in [0.717, 1.165) is 20.6 Å². The highest BCUT2D eigenvalue weighted by molar-refractivity contribution is 9.10. The van der Waals surface area contributed by atoms with Crippen molar-refractivity contribution in [3.63, 3.8) is 0 Å². The van der Waals surface area contributed by atoms with E-state index in [1.807, 2.05) is 45.0 Å². The van der Waals surface area contributed by atoms with Crippen LogP contribution in [0, 0.1) is 0 Å². The molecular formula is C25H32BrCl2N3O4S. The van der Waals surface area contributed by atoms with Crippen molar-refractivity contribution in [2.45, 2.75) is 58.7 Å². The molecule has 2 aromatic carbocycles. The van der Waals surface area contributed by atoms with E-state index in [4.69, 9.17) is 23.2 Å². The molecule has 0 fully saturated rings. The molecule has 0 aliphatic rings. The highest BCUT2D eigenvalue weighted by atomic mass is 79.9. The van der Waals surface area contributed by atoms with Crippen molar-refractivity contribution in [2.75, 3.05) is 17.1 Å². The molecule has 0 aliphatic carbocycles. The number of carbonyl (C=O) groups is 2. The first-order chi connectivity index (χ1) is 16.6. The third-order valence-corrected chi connectivity index (χ3v) is 7.46. The molecule has 1 atom stereocenters. The number of carbonyl (C=O) groups excluding carboxylic acids is 2. The lowest BCUT2D eigenvalue weighted by atomic mass is 10.1. The average Bonchev–Trinajstić information content (AvgIpc) is 2.74. The van der Waals surface area contributed by atoms with Crippen molar-refractivity contribution < 1.29 is 18.0 Å². The van der Waals surface area contributed by atoms with E-state index in [1.165, 1.54) is 17.0 Å². The number of halogens is 3. The van der Waals surface area contributed by atoms with Gasteiger partial charge in [-0.25, -0.2) is 8.42 Å². The Morgan fingerprint density at radius 1 is 1.11 bits per heavy atom. The Labute approximate surface area is 232 Å². The fourth-order valence-electron chi connectivity index (χ4n) is 3.55. The molecule has 0 spiro atoms. The predicted octanol–water partition coefficient (Wildman–Crippen LogP) is 5.63. The third-order valence-electron chi connectivity index (χ3n) is 5.24. The molecule has 0 aromatic heterocycles. The van der Waals surface area contributed by atoms with Gasteiger partial charge in [-0.15, -0.1) is 0 Å². The van der Waals surface area contributed by atoms with Gasteiger partial charge in [0.2, 0.25) is 21.8 Å². The van der Waals surface area contributed by atoms with Gasteiger partial charge in [-0.3, -0.25) is 13.9 Å². The first-order valence-electron chi connectivity index (χ1n) is 11.4. The Hall–Kier alpha value is -1.81. The lowest BCUT2D eigenvalue weighted by Gasteiger charge is -2.32. The number of rotatable bonds is 10. The number of nitrogens with one attached hydrogen (secondary N) is 1. The Balaban J connectivity index is 2.23. The number of amides is 2. The second-order valence-electron chi connectivity index (χ2n) is 9.60. The van der Waals surface area contributed by atoms with Crippen LogP contribution < -0.4 is 9.62 Å². The van der Waals surface area contributed by atoms with Crippen LogP contribution in [-0.4, -0.2) is 49.5 Å². The van der Waals surface area contributed by atoms with E-state index in [-0.39, 0.29) is 48.5 Å². The van der Waals surface area contributed by atoms with Crippen LogP contribution in [0.1, 0.15) is 46.1 Å². The van der Waals surface area contributed by atoms with Crippen LogP contribution in [0.3, 0.4) is 0 Å². The van der Waals surface area contributed by atoms with Gasteiger partial charge in [0.15, 0.2) is 0 Å². The molecule has 2 rings (SSSR count). The number of nitrogens with zero attached hydrogens (tertiary/aromatic N) is 2. The molecule has 0 heterocycles. The molecule has 198 valence electrons. The third kappa shape index (κ3) is 9.25. The van der Waals surface area contributed by atoms with Crippen LogP contribution in [0.5, 0.6) is 0 Å². The molecule has 1 N–H and O–H groups in total. The van der Waals surface area contributed by atoms with E-state index in [0.29, 0.717) is 5.02 Å². The summed E-state index contributed by atoms with van der Waals surface area (Å²) in [5, 5.41) is 3.50. The van der Waals surface area contributed by atoms with Crippen LogP contribution in [0.4, 0.5) is 5.69 Å². The van der Waals surface area contributed by atoms with Crippen molar-refractivity contribution in [1.29, 1.82) is 0 Å². The van der Waals surface area contributed by atoms with Gasteiger partial charge in [0.05, 0.1) is 17.0 Å². The Kier molecular flexibility index (Phi) is 10.7. The topological polar surface area (TPSA) is 86.8 Å². The van der Waals surface area contributed by atoms with Crippen molar-refractivity contribution >= 4 is 66.7 Å². The first kappa shape index (κ1) is 30.4. The summed E-state index contributed by atoms with van der Waals surface area (Å²) in [5.74, 6) is -0.536. The zero-order valence-electron chi connectivity index (χ0n) is 21.0. The summed E-state index contributed by atoms with van der Waals surface area (Å²) in [6.07, 6.45) is 1.33. The maximum atomic E-state index is 13.4. The maximum Gasteiger partial charge on any atom is 0.242 e. The van der Waals surface area contributed by atoms with E-state index in [2.05, 4.69) is 21.2 Å². The van der Waals surface area contributed by atoms with Crippen LogP contribution in [0.15, 0.2) is 46.9 Å².